The average Bonchev–Trinajstić information content (AvgIpc) is 2.90. The number of carbonyl (C=O) groups excluding carboxylic acids is 3. The van der Waals surface area contributed by atoms with E-state index in [1.165, 1.54) is 4.90 Å². The van der Waals surface area contributed by atoms with Gasteiger partial charge in [0.15, 0.2) is 6.04 Å². The fraction of sp³-hybridized carbons (Fsp3) is 0.615. The SMILES string of the molecule is Cc1cc(OCCCC(=O)N2CCN(C(=O)N3C(=O)[C@H](CC4CCNCC4)[C@H]3C(=O)O)CC2)ccc1Cl. The molecule has 0 spiro atoms. The summed E-state index contributed by atoms with van der Waals surface area (Å²) in [6, 6.07) is 3.74. The lowest BCUT2D eigenvalue weighted by Crippen LogP contribution is -2.69. The van der Waals surface area contributed by atoms with Gasteiger partial charge in [0.25, 0.3) is 0 Å². The molecule has 202 valence electrons. The van der Waals surface area contributed by atoms with Crippen molar-refractivity contribution in [3.63, 3.8) is 0 Å². The molecule has 3 fully saturated rings. The first kappa shape index (κ1) is 27.2. The lowest BCUT2D eigenvalue weighted by molar-refractivity contribution is -0.167. The summed E-state index contributed by atoms with van der Waals surface area (Å²) in [7, 11) is 0. The average molecular weight is 535 g/mol. The number of ether oxygens (including phenoxy) is 1. The summed E-state index contributed by atoms with van der Waals surface area (Å²) in [5.74, 6) is -1.20. The molecule has 0 saturated carbocycles. The highest BCUT2D eigenvalue weighted by Crippen LogP contribution is 2.35. The van der Waals surface area contributed by atoms with Crippen molar-refractivity contribution in [2.24, 2.45) is 11.8 Å². The predicted octanol–water partition coefficient (Wildman–Crippen LogP) is 2.37. The number of carboxylic acids is 1. The molecular formula is C26H35ClN4O6. The number of amides is 4. The van der Waals surface area contributed by atoms with Gasteiger partial charge in [0.05, 0.1) is 12.5 Å². The number of hydrogen-bond donors (Lipinski definition) is 2. The number of carbonyl (C=O) groups is 4. The van der Waals surface area contributed by atoms with Crippen LogP contribution < -0.4 is 10.1 Å². The number of hydrogen-bond acceptors (Lipinski definition) is 6. The van der Waals surface area contributed by atoms with Crippen LogP contribution in [0.1, 0.15) is 37.7 Å². The maximum atomic E-state index is 13.0. The lowest BCUT2D eigenvalue weighted by atomic mass is 9.78. The molecule has 4 amide bonds. The largest absolute Gasteiger partial charge is 0.494 e. The molecule has 0 aliphatic carbocycles. The van der Waals surface area contributed by atoms with Crippen LogP contribution >= 0.6 is 11.6 Å². The Bertz CT molecular complexity index is 1020. The Kier molecular flexibility index (Phi) is 8.91. The van der Waals surface area contributed by atoms with Gasteiger partial charge >= 0.3 is 12.0 Å². The molecule has 3 heterocycles. The van der Waals surface area contributed by atoms with E-state index in [1.807, 2.05) is 13.0 Å². The molecule has 3 saturated heterocycles. The number of piperazine rings is 1. The second-order valence-electron chi connectivity index (χ2n) is 10.0. The molecule has 3 aliphatic rings. The molecule has 1 aromatic carbocycles. The molecule has 10 nitrogen and oxygen atoms in total. The van der Waals surface area contributed by atoms with Crippen LogP contribution in [0.3, 0.4) is 0 Å². The Labute approximate surface area is 221 Å². The van der Waals surface area contributed by atoms with E-state index < -0.39 is 29.9 Å². The number of halogens is 1. The number of rotatable bonds is 8. The number of benzene rings is 1. The minimum Gasteiger partial charge on any atom is -0.494 e. The number of β-lactam (4-membered cyclic amide) rings is 1. The molecule has 0 unspecified atom stereocenters. The van der Waals surface area contributed by atoms with Crippen LogP contribution in [-0.4, -0.2) is 95.5 Å². The third-order valence-electron chi connectivity index (χ3n) is 7.56. The summed E-state index contributed by atoms with van der Waals surface area (Å²) in [6.45, 7) is 5.25. The van der Waals surface area contributed by atoms with E-state index in [9.17, 15) is 24.3 Å². The van der Waals surface area contributed by atoms with Crippen molar-refractivity contribution in [3.8, 4) is 5.75 Å². The van der Waals surface area contributed by atoms with Crippen LogP contribution in [0.25, 0.3) is 0 Å². The molecule has 1 aromatic rings. The lowest BCUT2D eigenvalue weighted by Gasteiger charge is -2.47. The number of nitrogens with zero attached hydrogens (tertiary/aromatic N) is 3. The van der Waals surface area contributed by atoms with Crippen molar-refractivity contribution in [1.29, 1.82) is 0 Å². The Hall–Kier alpha value is -2.85. The molecule has 3 aliphatic heterocycles. The normalized spacial score (nSPS) is 22.5. The number of aliphatic carboxylic acids is 1. The van der Waals surface area contributed by atoms with E-state index in [0.29, 0.717) is 55.6 Å². The molecule has 4 rings (SSSR count). The summed E-state index contributed by atoms with van der Waals surface area (Å²) in [5, 5.41) is 13.7. The number of imide groups is 1. The molecule has 2 N–H and O–H groups in total. The van der Waals surface area contributed by atoms with Crippen LogP contribution in [0.5, 0.6) is 5.75 Å². The van der Waals surface area contributed by atoms with E-state index in [2.05, 4.69) is 5.32 Å². The minimum absolute atomic E-state index is 0.0199. The Morgan fingerprint density at radius 3 is 2.43 bits per heavy atom. The Morgan fingerprint density at radius 2 is 1.78 bits per heavy atom. The zero-order valence-electron chi connectivity index (χ0n) is 21.2. The summed E-state index contributed by atoms with van der Waals surface area (Å²) < 4.78 is 5.70. The molecule has 2 atom stereocenters. The fourth-order valence-corrected chi connectivity index (χ4v) is 5.45. The molecule has 0 bridgehead atoms. The van der Waals surface area contributed by atoms with Gasteiger partial charge in [-0.05, 0) is 75.4 Å². The highest BCUT2D eigenvalue weighted by atomic mass is 35.5. The molecular weight excluding hydrogens is 500 g/mol. The maximum Gasteiger partial charge on any atom is 0.327 e. The molecule has 0 radical (unpaired) electrons. The van der Waals surface area contributed by atoms with Gasteiger partial charge in [-0.15, -0.1) is 0 Å². The number of piperidine rings is 1. The molecule has 0 aromatic heterocycles. The zero-order chi connectivity index (χ0) is 26.5. The first-order valence-electron chi connectivity index (χ1n) is 13.0. The van der Waals surface area contributed by atoms with Gasteiger partial charge < -0.3 is 25.0 Å². The van der Waals surface area contributed by atoms with Gasteiger partial charge in [0.2, 0.25) is 11.8 Å². The number of urea groups is 1. The smallest absolute Gasteiger partial charge is 0.327 e. The number of likely N-dealkylation sites (tertiary alicyclic amines) is 1. The van der Waals surface area contributed by atoms with Crippen LogP contribution in [0.2, 0.25) is 5.02 Å². The van der Waals surface area contributed by atoms with Crippen molar-refractivity contribution < 1.29 is 29.0 Å². The Balaban J connectivity index is 1.21. The summed E-state index contributed by atoms with van der Waals surface area (Å²) >= 11 is 6.02. The van der Waals surface area contributed by atoms with Crippen molar-refractivity contribution in [1.82, 2.24) is 20.0 Å². The van der Waals surface area contributed by atoms with Gasteiger partial charge in [0.1, 0.15) is 5.75 Å². The highest BCUT2D eigenvalue weighted by molar-refractivity contribution is 6.31. The zero-order valence-corrected chi connectivity index (χ0v) is 21.9. The first-order valence-corrected chi connectivity index (χ1v) is 13.4. The Morgan fingerprint density at radius 1 is 1.11 bits per heavy atom. The number of nitrogens with one attached hydrogen (secondary N) is 1. The van der Waals surface area contributed by atoms with Gasteiger partial charge in [-0.2, -0.15) is 0 Å². The van der Waals surface area contributed by atoms with E-state index in [-0.39, 0.29) is 19.0 Å². The van der Waals surface area contributed by atoms with Crippen LogP contribution in [0.15, 0.2) is 18.2 Å². The van der Waals surface area contributed by atoms with Gasteiger partial charge in [-0.25, -0.2) is 14.5 Å². The van der Waals surface area contributed by atoms with Crippen molar-refractivity contribution in [2.45, 2.75) is 45.1 Å². The standard InChI is InChI=1S/C26H35ClN4O6/c1-17-15-19(4-5-21(17)27)37-14-2-3-22(32)29-10-12-30(13-11-29)26(36)31-23(25(34)35)20(24(31)33)16-18-6-8-28-9-7-18/h4-5,15,18,20,23,28H,2-3,6-14,16H2,1H3,(H,34,35)/t20-,23+/m1/s1. The van der Waals surface area contributed by atoms with E-state index in [4.69, 9.17) is 16.3 Å². The number of aryl methyl sites for hydroxylation is 1. The third kappa shape index (κ3) is 6.35. The maximum absolute atomic E-state index is 13.0. The van der Waals surface area contributed by atoms with Crippen molar-refractivity contribution >= 4 is 35.4 Å². The highest BCUT2D eigenvalue weighted by Gasteiger charge is 2.56. The molecule has 37 heavy (non-hydrogen) atoms. The van der Waals surface area contributed by atoms with Gasteiger partial charge in [-0.1, -0.05) is 11.6 Å². The quantitative estimate of drug-likeness (QED) is 0.388. The van der Waals surface area contributed by atoms with Crippen LogP contribution in [0.4, 0.5) is 4.79 Å². The van der Waals surface area contributed by atoms with Gasteiger partial charge in [0, 0.05) is 37.6 Å². The number of carboxylic acid groups (broad SMARTS) is 1. The fourth-order valence-electron chi connectivity index (χ4n) is 5.33. The van der Waals surface area contributed by atoms with Crippen LogP contribution in [0, 0.1) is 18.8 Å². The minimum atomic E-state index is -1.14. The topological polar surface area (TPSA) is 119 Å². The van der Waals surface area contributed by atoms with Crippen LogP contribution in [-0.2, 0) is 14.4 Å². The van der Waals surface area contributed by atoms with E-state index >= 15 is 0 Å². The van der Waals surface area contributed by atoms with Crippen molar-refractivity contribution in [3.05, 3.63) is 28.8 Å². The van der Waals surface area contributed by atoms with Gasteiger partial charge in [-0.3, -0.25) is 9.59 Å². The first-order chi connectivity index (χ1) is 17.8. The van der Waals surface area contributed by atoms with Crippen molar-refractivity contribution in [2.75, 3.05) is 45.9 Å². The third-order valence-corrected chi connectivity index (χ3v) is 7.98. The predicted molar refractivity (Wildman–Crippen MR) is 136 cm³/mol. The van der Waals surface area contributed by atoms with E-state index in [1.54, 1.807) is 17.0 Å². The monoisotopic (exact) mass is 534 g/mol. The second kappa shape index (κ2) is 12.1. The summed E-state index contributed by atoms with van der Waals surface area (Å²) in [5.41, 5.74) is 0.926. The molecule has 11 heteroatoms. The van der Waals surface area contributed by atoms with E-state index in [0.717, 1.165) is 36.4 Å². The second-order valence-corrected chi connectivity index (χ2v) is 10.4. The summed E-state index contributed by atoms with van der Waals surface area (Å²) in [4.78, 5) is 54.5. The summed E-state index contributed by atoms with van der Waals surface area (Å²) in [6.07, 6.45) is 3.20.